The molecule has 0 N–H and O–H groups in total. The van der Waals surface area contributed by atoms with Crippen LogP contribution in [0.4, 0.5) is 0 Å². The van der Waals surface area contributed by atoms with Crippen molar-refractivity contribution in [2.75, 3.05) is 11.8 Å². The second-order valence-corrected chi connectivity index (χ2v) is 5.91. The van der Waals surface area contributed by atoms with E-state index in [0.29, 0.717) is 11.8 Å². The third-order valence-electron chi connectivity index (χ3n) is 3.82. The summed E-state index contributed by atoms with van der Waals surface area (Å²) in [6.45, 7) is 0. The molecule has 1 heterocycles. The number of hydrogen-bond acceptors (Lipinski definition) is 1. The first-order valence-corrected chi connectivity index (χ1v) is 7.89. The van der Waals surface area contributed by atoms with Crippen LogP contribution in [0, 0.1) is 5.41 Å². The predicted molar refractivity (Wildman–Crippen MR) is 85.5 cm³/mol. The Morgan fingerprint density at radius 2 is 1.80 bits per heavy atom. The highest BCUT2D eigenvalue weighted by atomic mass is 35.5. The van der Waals surface area contributed by atoms with Gasteiger partial charge in [-0.3, -0.25) is 4.68 Å². The lowest BCUT2D eigenvalue weighted by Crippen LogP contribution is -2.29. The normalized spacial score (nSPS) is 11.8. The molecule has 0 atom stereocenters. The molecule has 20 heavy (non-hydrogen) atoms. The van der Waals surface area contributed by atoms with Gasteiger partial charge in [-0.1, -0.05) is 30.3 Å². The first-order chi connectivity index (χ1) is 9.69. The molecule has 108 valence electrons. The van der Waals surface area contributed by atoms with Gasteiger partial charge >= 0.3 is 0 Å². The van der Waals surface area contributed by atoms with Gasteiger partial charge in [0.2, 0.25) is 0 Å². The van der Waals surface area contributed by atoms with Gasteiger partial charge in [-0.05, 0) is 30.9 Å². The average Bonchev–Trinajstić information content (AvgIpc) is 2.90. The van der Waals surface area contributed by atoms with Crippen molar-refractivity contribution in [3.63, 3.8) is 0 Å². The molecule has 2 nitrogen and oxygen atoms in total. The maximum absolute atomic E-state index is 6.25. The second-order valence-electron chi connectivity index (χ2n) is 5.38. The van der Waals surface area contributed by atoms with Crippen LogP contribution in [0.2, 0.25) is 0 Å². The molecule has 0 saturated heterocycles. The van der Waals surface area contributed by atoms with Crippen molar-refractivity contribution in [3.8, 4) is 0 Å². The molecule has 0 spiro atoms. The standard InChI is InChI=1S/C16H20Cl2N2/c1-20-15(8-10-19-20)7-9-16(12-17,13-18)11-14-5-3-2-4-6-14/h2-6,8,10H,7,9,11-13H2,1H3. The number of alkyl halides is 2. The van der Waals surface area contributed by atoms with Gasteiger partial charge < -0.3 is 0 Å². The highest BCUT2D eigenvalue weighted by Crippen LogP contribution is 2.32. The Morgan fingerprint density at radius 3 is 2.35 bits per heavy atom. The first-order valence-electron chi connectivity index (χ1n) is 6.82. The summed E-state index contributed by atoms with van der Waals surface area (Å²) in [6, 6.07) is 12.5. The van der Waals surface area contributed by atoms with Crippen molar-refractivity contribution in [1.82, 2.24) is 9.78 Å². The molecular weight excluding hydrogens is 291 g/mol. The minimum Gasteiger partial charge on any atom is -0.273 e. The Balaban J connectivity index is 2.07. The van der Waals surface area contributed by atoms with Gasteiger partial charge in [-0.2, -0.15) is 5.10 Å². The van der Waals surface area contributed by atoms with Crippen molar-refractivity contribution in [3.05, 3.63) is 53.9 Å². The minimum absolute atomic E-state index is 0.0608. The number of nitrogens with zero attached hydrogens (tertiary/aromatic N) is 2. The first kappa shape index (κ1) is 15.4. The molecule has 0 fully saturated rings. The summed E-state index contributed by atoms with van der Waals surface area (Å²) in [7, 11) is 1.97. The summed E-state index contributed by atoms with van der Waals surface area (Å²) < 4.78 is 1.91. The summed E-state index contributed by atoms with van der Waals surface area (Å²) in [5.74, 6) is 1.15. The fourth-order valence-corrected chi connectivity index (χ4v) is 3.16. The zero-order valence-electron chi connectivity index (χ0n) is 11.7. The lowest BCUT2D eigenvalue weighted by atomic mass is 9.80. The molecule has 0 bridgehead atoms. The van der Waals surface area contributed by atoms with E-state index in [0.717, 1.165) is 19.3 Å². The van der Waals surface area contributed by atoms with Crippen molar-refractivity contribution in [2.24, 2.45) is 12.5 Å². The number of aryl methyl sites for hydroxylation is 2. The Morgan fingerprint density at radius 1 is 1.10 bits per heavy atom. The van der Waals surface area contributed by atoms with E-state index < -0.39 is 0 Å². The third kappa shape index (κ3) is 3.77. The third-order valence-corrected chi connectivity index (χ3v) is 4.96. The Bertz CT molecular complexity index is 518. The molecule has 2 rings (SSSR count). The molecular formula is C16H20Cl2N2. The Kier molecular flexibility index (Phi) is 5.50. The van der Waals surface area contributed by atoms with E-state index in [-0.39, 0.29) is 5.41 Å². The van der Waals surface area contributed by atoms with Crippen LogP contribution in [0.5, 0.6) is 0 Å². The van der Waals surface area contributed by atoms with E-state index in [9.17, 15) is 0 Å². The molecule has 0 aliphatic rings. The second kappa shape index (κ2) is 7.14. The average molecular weight is 311 g/mol. The van der Waals surface area contributed by atoms with Gasteiger partial charge in [0.05, 0.1) is 0 Å². The van der Waals surface area contributed by atoms with Crippen LogP contribution in [0.1, 0.15) is 17.7 Å². The van der Waals surface area contributed by atoms with Gasteiger partial charge in [-0.25, -0.2) is 0 Å². The van der Waals surface area contributed by atoms with Gasteiger partial charge in [0, 0.05) is 36.1 Å². The van der Waals surface area contributed by atoms with Crippen LogP contribution in [0.3, 0.4) is 0 Å². The summed E-state index contributed by atoms with van der Waals surface area (Å²) in [5.41, 5.74) is 2.45. The molecule has 0 radical (unpaired) electrons. The molecule has 0 unspecified atom stereocenters. The van der Waals surface area contributed by atoms with E-state index in [1.807, 2.05) is 24.0 Å². The van der Waals surface area contributed by atoms with Gasteiger partial charge in [0.25, 0.3) is 0 Å². The summed E-state index contributed by atoms with van der Waals surface area (Å²) in [6.07, 6.45) is 4.66. The largest absolute Gasteiger partial charge is 0.273 e. The van der Waals surface area contributed by atoms with E-state index in [1.54, 1.807) is 0 Å². The highest BCUT2D eigenvalue weighted by molar-refractivity contribution is 6.21. The van der Waals surface area contributed by atoms with E-state index in [1.165, 1.54) is 11.3 Å². The van der Waals surface area contributed by atoms with E-state index in [4.69, 9.17) is 23.2 Å². The molecule has 1 aromatic carbocycles. The molecule has 1 aromatic heterocycles. The molecule has 0 aliphatic carbocycles. The van der Waals surface area contributed by atoms with Crippen molar-refractivity contribution in [2.45, 2.75) is 19.3 Å². The van der Waals surface area contributed by atoms with Gasteiger partial charge in [0.15, 0.2) is 0 Å². The number of rotatable bonds is 7. The fourth-order valence-electron chi connectivity index (χ4n) is 2.42. The fraction of sp³-hybridized carbons (Fsp3) is 0.438. The summed E-state index contributed by atoms with van der Waals surface area (Å²) >= 11 is 12.5. The summed E-state index contributed by atoms with van der Waals surface area (Å²) in [5, 5.41) is 4.20. The monoisotopic (exact) mass is 310 g/mol. The van der Waals surface area contributed by atoms with E-state index >= 15 is 0 Å². The van der Waals surface area contributed by atoms with Crippen LogP contribution in [-0.4, -0.2) is 21.5 Å². The zero-order chi connectivity index (χ0) is 14.4. The van der Waals surface area contributed by atoms with Gasteiger partial charge in [0.1, 0.15) is 0 Å². The molecule has 0 aliphatic heterocycles. The van der Waals surface area contributed by atoms with Crippen LogP contribution >= 0.6 is 23.2 Å². The molecule has 2 aromatic rings. The molecule has 4 heteroatoms. The topological polar surface area (TPSA) is 17.8 Å². The number of halogens is 2. The van der Waals surface area contributed by atoms with E-state index in [2.05, 4.69) is 35.4 Å². The zero-order valence-corrected chi connectivity index (χ0v) is 13.2. The quantitative estimate of drug-likeness (QED) is 0.705. The minimum atomic E-state index is -0.0608. The smallest absolute Gasteiger partial charge is 0.0492 e. The van der Waals surface area contributed by atoms with Crippen LogP contribution in [0.25, 0.3) is 0 Å². The Hall–Kier alpha value is -0.990. The van der Waals surface area contributed by atoms with Crippen molar-refractivity contribution in [1.29, 1.82) is 0 Å². The highest BCUT2D eigenvalue weighted by Gasteiger charge is 2.28. The van der Waals surface area contributed by atoms with Crippen molar-refractivity contribution < 1.29 is 0 Å². The number of hydrogen-bond donors (Lipinski definition) is 0. The lowest BCUT2D eigenvalue weighted by molar-refractivity contribution is 0.341. The SMILES string of the molecule is Cn1nccc1CCC(CCl)(CCl)Cc1ccccc1. The maximum Gasteiger partial charge on any atom is 0.0492 e. The lowest BCUT2D eigenvalue weighted by Gasteiger charge is -2.30. The van der Waals surface area contributed by atoms with Crippen LogP contribution in [-0.2, 0) is 19.9 Å². The number of benzene rings is 1. The van der Waals surface area contributed by atoms with Crippen LogP contribution in [0.15, 0.2) is 42.6 Å². The summed E-state index contributed by atoms with van der Waals surface area (Å²) in [4.78, 5) is 0. The van der Waals surface area contributed by atoms with Gasteiger partial charge in [-0.15, -0.1) is 23.2 Å². The molecule has 0 saturated carbocycles. The number of aromatic nitrogens is 2. The maximum atomic E-state index is 6.25. The molecule has 0 amide bonds. The van der Waals surface area contributed by atoms with Crippen LogP contribution < -0.4 is 0 Å². The Labute approximate surface area is 130 Å². The van der Waals surface area contributed by atoms with Crippen molar-refractivity contribution >= 4 is 23.2 Å². The predicted octanol–water partition coefficient (Wildman–Crippen LogP) is 4.06.